The lowest BCUT2D eigenvalue weighted by atomic mass is 10.3. The maximum Gasteiger partial charge on any atom is 0.138 e. The molecule has 0 spiro atoms. The zero-order chi connectivity index (χ0) is 7.40. The zero-order valence-corrected chi connectivity index (χ0v) is 6.37. The Morgan fingerprint density at radius 3 is 3.00 bits per heavy atom. The SMILES string of the molecule is CCc1cnn(COC)c1. The minimum atomic E-state index is 0.542. The van der Waals surface area contributed by atoms with E-state index in [9.17, 15) is 0 Å². The molecule has 0 bridgehead atoms. The molecule has 0 aromatic carbocycles. The number of aromatic nitrogens is 2. The van der Waals surface area contributed by atoms with E-state index in [4.69, 9.17) is 4.74 Å². The van der Waals surface area contributed by atoms with E-state index in [1.54, 1.807) is 11.8 Å². The molecule has 0 N–H and O–H groups in total. The van der Waals surface area contributed by atoms with Crippen molar-refractivity contribution in [1.29, 1.82) is 0 Å². The van der Waals surface area contributed by atoms with Gasteiger partial charge in [-0.05, 0) is 12.0 Å². The van der Waals surface area contributed by atoms with Gasteiger partial charge in [0.2, 0.25) is 0 Å². The molecule has 0 aliphatic carbocycles. The first-order chi connectivity index (χ1) is 4.86. The summed E-state index contributed by atoms with van der Waals surface area (Å²) in [4.78, 5) is 0. The lowest BCUT2D eigenvalue weighted by Crippen LogP contribution is -1.98. The highest BCUT2D eigenvalue weighted by molar-refractivity contribution is 5.02. The van der Waals surface area contributed by atoms with Crippen LogP contribution in [-0.4, -0.2) is 16.9 Å². The Bertz CT molecular complexity index is 195. The van der Waals surface area contributed by atoms with Gasteiger partial charge in [-0.1, -0.05) is 6.92 Å². The quantitative estimate of drug-likeness (QED) is 0.627. The third kappa shape index (κ3) is 1.57. The summed E-state index contributed by atoms with van der Waals surface area (Å²) in [7, 11) is 1.66. The van der Waals surface area contributed by atoms with Gasteiger partial charge in [0.1, 0.15) is 6.73 Å². The molecule has 3 nitrogen and oxygen atoms in total. The standard InChI is InChI=1S/C7H12N2O/c1-3-7-4-8-9(5-7)6-10-2/h4-5H,3,6H2,1-2H3. The number of rotatable bonds is 3. The Balaban J connectivity index is 2.59. The van der Waals surface area contributed by atoms with Crippen LogP contribution in [0, 0.1) is 0 Å². The third-order valence-electron chi connectivity index (χ3n) is 1.36. The van der Waals surface area contributed by atoms with Crippen molar-refractivity contribution in [3.8, 4) is 0 Å². The van der Waals surface area contributed by atoms with E-state index in [2.05, 4.69) is 12.0 Å². The smallest absolute Gasteiger partial charge is 0.138 e. The molecule has 0 saturated heterocycles. The summed E-state index contributed by atoms with van der Waals surface area (Å²) in [5, 5.41) is 4.07. The average Bonchev–Trinajstić information content (AvgIpc) is 2.37. The lowest BCUT2D eigenvalue weighted by Gasteiger charge is -1.95. The largest absolute Gasteiger partial charge is 0.362 e. The summed E-state index contributed by atoms with van der Waals surface area (Å²) in [5.74, 6) is 0. The molecule has 1 aromatic heterocycles. The van der Waals surface area contributed by atoms with Gasteiger partial charge in [-0.2, -0.15) is 5.10 Å². The maximum atomic E-state index is 4.89. The Morgan fingerprint density at radius 1 is 1.70 bits per heavy atom. The average molecular weight is 140 g/mol. The van der Waals surface area contributed by atoms with Crippen LogP contribution in [-0.2, 0) is 17.9 Å². The number of hydrogen-bond donors (Lipinski definition) is 0. The van der Waals surface area contributed by atoms with Crippen molar-refractivity contribution in [2.45, 2.75) is 20.1 Å². The van der Waals surface area contributed by atoms with Crippen LogP contribution in [0.2, 0.25) is 0 Å². The molecule has 0 aliphatic heterocycles. The predicted molar refractivity (Wildman–Crippen MR) is 38.6 cm³/mol. The van der Waals surface area contributed by atoms with E-state index in [-0.39, 0.29) is 0 Å². The van der Waals surface area contributed by atoms with E-state index in [1.165, 1.54) is 5.56 Å². The summed E-state index contributed by atoms with van der Waals surface area (Å²) >= 11 is 0. The van der Waals surface area contributed by atoms with Gasteiger partial charge in [0.15, 0.2) is 0 Å². The molecule has 0 atom stereocenters. The van der Waals surface area contributed by atoms with Crippen LogP contribution in [0.4, 0.5) is 0 Å². The highest BCUT2D eigenvalue weighted by Crippen LogP contribution is 1.97. The first-order valence-corrected chi connectivity index (χ1v) is 3.37. The fraction of sp³-hybridized carbons (Fsp3) is 0.571. The second-order valence-corrected chi connectivity index (χ2v) is 2.16. The molecule has 1 rings (SSSR count). The van der Waals surface area contributed by atoms with E-state index in [0.29, 0.717) is 6.73 Å². The van der Waals surface area contributed by atoms with Crippen LogP contribution in [0.15, 0.2) is 12.4 Å². The highest BCUT2D eigenvalue weighted by atomic mass is 16.5. The lowest BCUT2D eigenvalue weighted by molar-refractivity contribution is 0.120. The maximum absolute atomic E-state index is 4.89. The number of nitrogens with zero attached hydrogens (tertiary/aromatic N) is 2. The van der Waals surface area contributed by atoms with E-state index < -0.39 is 0 Å². The van der Waals surface area contributed by atoms with Gasteiger partial charge in [0.05, 0.1) is 6.20 Å². The fourth-order valence-corrected chi connectivity index (χ4v) is 0.792. The summed E-state index contributed by atoms with van der Waals surface area (Å²) in [5.41, 5.74) is 1.25. The molecule has 0 radical (unpaired) electrons. The second kappa shape index (κ2) is 3.37. The minimum Gasteiger partial charge on any atom is -0.362 e. The molecular weight excluding hydrogens is 128 g/mol. The molecule has 10 heavy (non-hydrogen) atoms. The molecule has 0 saturated carbocycles. The second-order valence-electron chi connectivity index (χ2n) is 2.16. The molecule has 0 unspecified atom stereocenters. The number of hydrogen-bond acceptors (Lipinski definition) is 2. The van der Waals surface area contributed by atoms with E-state index in [1.807, 2.05) is 12.4 Å². The van der Waals surface area contributed by atoms with Crippen LogP contribution in [0.25, 0.3) is 0 Å². The molecule has 3 heteroatoms. The highest BCUT2D eigenvalue weighted by Gasteiger charge is 1.92. The molecule has 0 fully saturated rings. The molecular formula is C7H12N2O. The normalized spacial score (nSPS) is 10.2. The van der Waals surface area contributed by atoms with Crippen LogP contribution < -0.4 is 0 Å². The Kier molecular flexibility index (Phi) is 2.45. The number of ether oxygens (including phenoxy) is 1. The Morgan fingerprint density at radius 2 is 2.50 bits per heavy atom. The van der Waals surface area contributed by atoms with Gasteiger partial charge >= 0.3 is 0 Å². The number of methoxy groups -OCH3 is 1. The Hall–Kier alpha value is -0.830. The summed E-state index contributed by atoms with van der Waals surface area (Å²) in [6.07, 6.45) is 4.88. The minimum absolute atomic E-state index is 0.542. The van der Waals surface area contributed by atoms with Crippen LogP contribution in [0.5, 0.6) is 0 Å². The summed E-state index contributed by atoms with van der Waals surface area (Å²) in [6.45, 7) is 2.65. The van der Waals surface area contributed by atoms with Crippen molar-refractivity contribution in [2.75, 3.05) is 7.11 Å². The molecule has 1 aromatic rings. The van der Waals surface area contributed by atoms with Crippen molar-refractivity contribution < 1.29 is 4.74 Å². The molecule has 56 valence electrons. The predicted octanol–water partition coefficient (Wildman–Crippen LogP) is 1.05. The van der Waals surface area contributed by atoms with Crippen LogP contribution >= 0.6 is 0 Å². The van der Waals surface area contributed by atoms with Gasteiger partial charge in [-0.15, -0.1) is 0 Å². The zero-order valence-electron chi connectivity index (χ0n) is 6.37. The monoisotopic (exact) mass is 140 g/mol. The van der Waals surface area contributed by atoms with E-state index >= 15 is 0 Å². The summed E-state index contributed by atoms with van der Waals surface area (Å²) in [6, 6.07) is 0. The molecule has 1 heterocycles. The van der Waals surface area contributed by atoms with Crippen molar-refractivity contribution in [3.05, 3.63) is 18.0 Å². The topological polar surface area (TPSA) is 27.1 Å². The van der Waals surface area contributed by atoms with E-state index in [0.717, 1.165) is 6.42 Å². The van der Waals surface area contributed by atoms with Gasteiger partial charge in [-0.25, -0.2) is 4.68 Å². The summed E-state index contributed by atoms with van der Waals surface area (Å²) < 4.78 is 6.66. The molecule has 0 aliphatic rings. The fourth-order valence-electron chi connectivity index (χ4n) is 0.792. The number of aryl methyl sites for hydroxylation is 1. The van der Waals surface area contributed by atoms with Crippen molar-refractivity contribution in [1.82, 2.24) is 9.78 Å². The molecule has 0 amide bonds. The van der Waals surface area contributed by atoms with Crippen molar-refractivity contribution in [2.24, 2.45) is 0 Å². The van der Waals surface area contributed by atoms with Gasteiger partial charge < -0.3 is 4.74 Å². The Labute approximate surface area is 60.6 Å². The van der Waals surface area contributed by atoms with Crippen molar-refractivity contribution >= 4 is 0 Å². The van der Waals surface area contributed by atoms with Crippen LogP contribution in [0.1, 0.15) is 12.5 Å². The van der Waals surface area contributed by atoms with Crippen molar-refractivity contribution in [3.63, 3.8) is 0 Å². The van der Waals surface area contributed by atoms with Gasteiger partial charge in [-0.3, -0.25) is 0 Å². The van der Waals surface area contributed by atoms with Gasteiger partial charge in [0, 0.05) is 13.3 Å². The third-order valence-corrected chi connectivity index (χ3v) is 1.36. The first-order valence-electron chi connectivity index (χ1n) is 3.37. The van der Waals surface area contributed by atoms with Gasteiger partial charge in [0.25, 0.3) is 0 Å². The van der Waals surface area contributed by atoms with Crippen LogP contribution in [0.3, 0.4) is 0 Å². The first kappa shape index (κ1) is 7.28.